The van der Waals surface area contributed by atoms with Crippen molar-refractivity contribution in [3.05, 3.63) is 35.4 Å². The second-order valence-corrected chi connectivity index (χ2v) is 6.27. The SMILES string of the molecule is CC1CC(CNC(=O)NCc2ccccc2CC(F)(F)F)C(C)O1. The molecule has 2 rings (SSSR count). The molecule has 1 fully saturated rings. The number of ether oxygens (including phenoxy) is 1. The summed E-state index contributed by atoms with van der Waals surface area (Å²) >= 11 is 0. The lowest BCUT2D eigenvalue weighted by Gasteiger charge is -2.16. The lowest BCUT2D eigenvalue weighted by molar-refractivity contribution is -0.127. The van der Waals surface area contributed by atoms with Gasteiger partial charge in [-0.2, -0.15) is 13.2 Å². The zero-order chi connectivity index (χ0) is 17.7. The highest BCUT2D eigenvalue weighted by Gasteiger charge is 2.30. The molecule has 0 saturated carbocycles. The highest BCUT2D eigenvalue weighted by atomic mass is 19.4. The van der Waals surface area contributed by atoms with Gasteiger partial charge in [0.25, 0.3) is 0 Å². The molecule has 1 aromatic rings. The third kappa shape index (κ3) is 5.70. The number of nitrogens with one attached hydrogen (secondary N) is 2. The average Bonchev–Trinajstić information content (AvgIpc) is 2.80. The van der Waals surface area contributed by atoms with Crippen molar-refractivity contribution in [2.45, 2.75) is 51.6 Å². The van der Waals surface area contributed by atoms with Gasteiger partial charge in [-0.1, -0.05) is 24.3 Å². The quantitative estimate of drug-likeness (QED) is 0.860. The molecule has 3 unspecified atom stereocenters. The molecule has 134 valence electrons. The molecule has 2 amide bonds. The van der Waals surface area contributed by atoms with Gasteiger partial charge in [0.1, 0.15) is 0 Å². The molecule has 0 spiro atoms. The van der Waals surface area contributed by atoms with E-state index >= 15 is 0 Å². The zero-order valence-corrected chi connectivity index (χ0v) is 13.8. The molecule has 1 aliphatic heterocycles. The van der Waals surface area contributed by atoms with E-state index in [-0.39, 0.29) is 36.3 Å². The molecule has 1 saturated heterocycles. The van der Waals surface area contributed by atoms with Gasteiger partial charge >= 0.3 is 12.2 Å². The number of carbonyl (C=O) groups excluding carboxylic acids is 1. The van der Waals surface area contributed by atoms with Gasteiger partial charge in [-0.15, -0.1) is 0 Å². The maximum Gasteiger partial charge on any atom is 0.393 e. The monoisotopic (exact) mass is 344 g/mol. The fourth-order valence-electron chi connectivity index (χ4n) is 2.98. The second kappa shape index (κ2) is 7.88. The Morgan fingerprint density at radius 1 is 1.21 bits per heavy atom. The topological polar surface area (TPSA) is 50.4 Å². The van der Waals surface area contributed by atoms with E-state index in [9.17, 15) is 18.0 Å². The van der Waals surface area contributed by atoms with E-state index in [1.807, 2.05) is 13.8 Å². The van der Waals surface area contributed by atoms with Crippen LogP contribution in [0.2, 0.25) is 0 Å². The van der Waals surface area contributed by atoms with Crippen LogP contribution in [0.3, 0.4) is 0 Å². The minimum Gasteiger partial charge on any atom is -0.375 e. The lowest BCUT2D eigenvalue weighted by atomic mass is 10.0. The molecule has 0 radical (unpaired) electrons. The van der Waals surface area contributed by atoms with Crippen LogP contribution in [0.1, 0.15) is 31.4 Å². The van der Waals surface area contributed by atoms with Gasteiger partial charge in [-0.05, 0) is 31.4 Å². The molecule has 1 heterocycles. The van der Waals surface area contributed by atoms with Gasteiger partial charge < -0.3 is 15.4 Å². The second-order valence-electron chi connectivity index (χ2n) is 6.27. The number of benzene rings is 1. The summed E-state index contributed by atoms with van der Waals surface area (Å²) in [5.41, 5.74) is 0.646. The molecule has 0 aliphatic carbocycles. The van der Waals surface area contributed by atoms with E-state index < -0.39 is 12.6 Å². The maximum absolute atomic E-state index is 12.6. The first-order valence-corrected chi connectivity index (χ1v) is 8.05. The molecule has 24 heavy (non-hydrogen) atoms. The standard InChI is InChI=1S/C17H23F3N2O2/c1-11-7-15(12(2)24-11)10-22-16(23)21-9-14-6-4-3-5-13(14)8-17(18,19)20/h3-6,11-12,15H,7-10H2,1-2H3,(H2,21,22,23). The molecular weight excluding hydrogens is 321 g/mol. The fourth-order valence-corrected chi connectivity index (χ4v) is 2.98. The maximum atomic E-state index is 12.6. The smallest absolute Gasteiger partial charge is 0.375 e. The first kappa shape index (κ1) is 18.6. The Hall–Kier alpha value is -1.76. The molecule has 0 bridgehead atoms. The number of carbonyl (C=O) groups is 1. The number of halogens is 3. The van der Waals surface area contributed by atoms with Gasteiger partial charge in [0.15, 0.2) is 0 Å². The van der Waals surface area contributed by atoms with E-state index in [1.54, 1.807) is 18.2 Å². The van der Waals surface area contributed by atoms with Crippen LogP contribution in [0.5, 0.6) is 0 Å². The Morgan fingerprint density at radius 3 is 2.46 bits per heavy atom. The summed E-state index contributed by atoms with van der Waals surface area (Å²) < 4.78 is 43.3. The minimum atomic E-state index is -4.27. The molecule has 2 N–H and O–H groups in total. The van der Waals surface area contributed by atoms with E-state index in [4.69, 9.17) is 4.74 Å². The zero-order valence-electron chi connectivity index (χ0n) is 13.8. The Bertz CT molecular complexity index is 563. The Labute approximate surface area is 139 Å². The van der Waals surface area contributed by atoms with Crippen molar-refractivity contribution in [1.82, 2.24) is 10.6 Å². The van der Waals surface area contributed by atoms with Crippen LogP contribution < -0.4 is 10.6 Å². The Morgan fingerprint density at radius 2 is 1.88 bits per heavy atom. The Kier molecular flexibility index (Phi) is 6.10. The van der Waals surface area contributed by atoms with Crippen LogP contribution in [0, 0.1) is 5.92 Å². The third-order valence-corrected chi connectivity index (χ3v) is 4.22. The van der Waals surface area contributed by atoms with Gasteiger partial charge in [-0.25, -0.2) is 4.79 Å². The Balaban J connectivity index is 1.82. The summed E-state index contributed by atoms with van der Waals surface area (Å²) in [5, 5.41) is 5.38. The van der Waals surface area contributed by atoms with Crippen molar-refractivity contribution < 1.29 is 22.7 Å². The molecular formula is C17H23F3N2O2. The van der Waals surface area contributed by atoms with Crippen LogP contribution >= 0.6 is 0 Å². The molecule has 1 aliphatic rings. The van der Waals surface area contributed by atoms with E-state index in [0.717, 1.165) is 6.42 Å². The first-order chi connectivity index (χ1) is 11.2. The fraction of sp³-hybridized carbons (Fsp3) is 0.588. The molecule has 0 aromatic heterocycles. The first-order valence-electron chi connectivity index (χ1n) is 8.05. The number of urea groups is 1. The highest BCUT2D eigenvalue weighted by Crippen LogP contribution is 2.25. The summed E-state index contributed by atoms with van der Waals surface area (Å²) in [6, 6.07) is 5.86. The van der Waals surface area contributed by atoms with Crippen LogP contribution in [0.15, 0.2) is 24.3 Å². The van der Waals surface area contributed by atoms with Crippen LogP contribution in [0.4, 0.5) is 18.0 Å². The summed E-state index contributed by atoms with van der Waals surface area (Å²) in [5.74, 6) is 0.253. The predicted molar refractivity (Wildman–Crippen MR) is 84.6 cm³/mol. The summed E-state index contributed by atoms with van der Waals surface area (Å²) in [4.78, 5) is 11.9. The van der Waals surface area contributed by atoms with Crippen LogP contribution in [-0.4, -0.2) is 31.0 Å². The van der Waals surface area contributed by atoms with Crippen molar-refractivity contribution in [2.75, 3.05) is 6.54 Å². The summed E-state index contributed by atoms with van der Waals surface area (Å²) in [7, 11) is 0. The van der Waals surface area contributed by atoms with E-state index in [1.165, 1.54) is 6.07 Å². The predicted octanol–water partition coefficient (Wildman–Crippen LogP) is 3.40. The molecule has 1 aromatic carbocycles. The largest absolute Gasteiger partial charge is 0.393 e. The highest BCUT2D eigenvalue weighted by molar-refractivity contribution is 5.73. The normalized spacial score (nSPS) is 24.0. The van der Waals surface area contributed by atoms with Gasteiger partial charge in [0, 0.05) is 19.0 Å². The number of hydrogen-bond acceptors (Lipinski definition) is 2. The van der Waals surface area contributed by atoms with Gasteiger partial charge in [0.05, 0.1) is 18.6 Å². The number of hydrogen-bond donors (Lipinski definition) is 2. The summed E-state index contributed by atoms with van der Waals surface area (Å²) in [6.45, 7) is 4.52. The van der Waals surface area contributed by atoms with Gasteiger partial charge in [-0.3, -0.25) is 0 Å². The number of alkyl halides is 3. The van der Waals surface area contributed by atoms with Crippen molar-refractivity contribution >= 4 is 6.03 Å². The molecule has 4 nitrogen and oxygen atoms in total. The summed E-state index contributed by atoms with van der Waals surface area (Å²) in [6.07, 6.45) is -4.11. The van der Waals surface area contributed by atoms with Crippen molar-refractivity contribution in [3.63, 3.8) is 0 Å². The van der Waals surface area contributed by atoms with Crippen molar-refractivity contribution in [2.24, 2.45) is 5.92 Å². The van der Waals surface area contributed by atoms with Crippen LogP contribution in [-0.2, 0) is 17.7 Å². The van der Waals surface area contributed by atoms with Crippen molar-refractivity contribution in [1.29, 1.82) is 0 Å². The molecule has 7 heteroatoms. The van der Waals surface area contributed by atoms with Crippen molar-refractivity contribution in [3.8, 4) is 0 Å². The third-order valence-electron chi connectivity index (χ3n) is 4.22. The van der Waals surface area contributed by atoms with Crippen LogP contribution in [0.25, 0.3) is 0 Å². The van der Waals surface area contributed by atoms with Gasteiger partial charge in [0.2, 0.25) is 0 Å². The lowest BCUT2D eigenvalue weighted by Crippen LogP contribution is -2.39. The molecule has 3 atom stereocenters. The number of rotatable bonds is 5. The average molecular weight is 344 g/mol. The van der Waals surface area contributed by atoms with E-state index in [2.05, 4.69) is 10.6 Å². The minimum absolute atomic E-state index is 0.0607. The number of amides is 2. The van der Waals surface area contributed by atoms with E-state index in [0.29, 0.717) is 12.1 Å².